The second-order valence-corrected chi connectivity index (χ2v) is 5.04. The number of anilines is 1. The second kappa shape index (κ2) is 6.87. The lowest BCUT2D eigenvalue weighted by molar-refractivity contribution is 0.321. The summed E-state index contributed by atoms with van der Waals surface area (Å²) in [5.41, 5.74) is 6.39. The SMILES string of the molecule is CC(c1ccc(C=NNc2ccccc2)cc1)N(C)C. The summed E-state index contributed by atoms with van der Waals surface area (Å²) in [5, 5.41) is 4.24. The first-order valence-corrected chi connectivity index (χ1v) is 6.77. The van der Waals surface area contributed by atoms with Crippen LogP contribution in [0.2, 0.25) is 0 Å². The van der Waals surface area contributed by atoms with Crippen molar-refractivity contribution in [2.24, 2.45) is 5.10 Å². The highest BCUT2D eigenvalue weighted by molar-refractivity contribution is 5.80. The summed E-state index contributed by atoms with van der Waals surface area (Å²) in [5.74, 6) is 0. The molecule has 104 valence electrons. The molecular weight excluding hydrogens is 246 g/mol. The molecule has 1 atom stereocenters. The summed E-state index contributed by atoms with van der Waals surface area (Å²) >= 11 is 0. The maximum atomic E-state index is 4.24. The first-order chi connectivity index (χ1) is 9.66. The molecule has 0 aromatic heterocycles. The molecule has 0 heterocycles. The Kier molecular flexibility index (Phi) is 4.91. The van der Waals surface area contributed by atoms with Crippen LogP contribution >= 0.6 is 0 Å². The highest BCUT2D eigenvalue weighted by Gasteiger charge is 2.06. The molecule has 2 aromatic carbocycles. The Hall–Kier alpha value is -2.13. The average Bonchev–Trinajstić information content (AvgIpc) is 2.48. The van der Waals surface area contributed by atoms with Gasteiger partial charge >= 0.3 is 0 Å². The Morgan fingerprint density at radius 2 is 1.65 bits per heavy atom. The molecule has 0 radical (unpaired) electrons. The molecule has 0 aliphatic heterocycles. The largest absolute Gasteiger partial charge is 0.303 e. The maximum Gasteiger partial charge on any atom is 0.0561 e. The van der Waals surface area contributed by atoms with Gasteiger partial charge in [0.2, 0.25) is 0 Å². The normalized spacial score (nSPS) is 12.8. The van der Waals surface area contributed by atoms with Gasteiger partial charge < -0.3 is 4.90 Å². The quantitative estimate of drug-likeness (QED) is 0.660. The predicted molar refractivity (Wildman–Crippen MR) is 86.2 cm³/mol. The lowest BCUT2D eigenvalue weighted by Gasteiger charge is -2.20. The van der Waals surface area contributed by atoms with Crippen molar-refractivity contribution in [1.82, 2.24) is 4.90 Å². The van der Waals surface area contributed by atoms with Crippen molar-refractivity contribution in [3.8, 4) is 0 Å². The van der Waals surface area contributed by atoms with Gasteiger partial charge in [-0.25, -0.2) is 0 Å². The van der Waals surface area contributed by atoms with Gasteiger partial charge in [-0.2, -0.15) is 5.10 Å². The lowest BCUT2D eigenvalue weighted by atomic mass is 10.1. The summed E-state index contributed by atoms with van der Waals surface area (Å²) < 4.78 is 0. The Morgan fingerprint density at radius 1 is 1.00 bits per heavy atom. The number of hydrogen-bond acceptors (Lipinski definition) is 3. The molecule has 0 aliphatic carbocycles. The van der Waals surface area contributed by atoms with Crippen LogP contribution in [-0.2, 0) is 0 Å². The number of nitrogens with zero attached hydrogens (tertiary/aromatic N) is 2. The van der Waals surface area contributed by atoms with Crippen molar-refractivity contribution in [2.45, 2.75) is 13.0 Å². The predicted octanol–water partition coefficient (Wildman–Crippen LogP) is 3.76. The molecule has 3 heteroatoms. The van der Waals surface area contributed by atoms with E-state index in [1.807, 2.05) is 36.5 Å². The highest BCUT2D eigenvalue weighted by Crippen LogP contribution is 2.17. The molecule has 0 saturated carbocycles. The van der Waals surface area contributed by atoms with Gasteiger partial charge in [-0.3, -0.25) is 5.43 Å². The van der Waals surface area contributed by atoms with Gasteiger partial charge in [0.05, 0.1) is 11.9 Å². The van der Waals surface area contributed by atoms with E-state index in [9.17, 15) is 0 Å². The van der Waals surface area contributed by atoms with Gasteiger partial charge in [-0.05, 0) is 44.3 Å². The summed E-state index contributed by atoms with van der Waals surface area (Å²) in [6.07, 6.45) is 1.83. The molecule has 0 aliphatic rings. The molecule has 2 rings (SSSR count). The third kappa shape index (κ3) is 3.93. The van der Waals surface area contributed by atoms with Gasteiger partial charge in [0.15, 0.2) is 0 Å². The average molecular weight is 267 g/mol. The summed E-state index contributed by atoms with van der Waals surface area (Å²) in [6.45, 7) is 2.19. The number of nitrogens with one attached hydrogen (secondary N) is 1. The Labute approximate surface area is 120 Å². The molecule has 0 saturated heterocycles. The third-order valence-electron chi connectivity index (χ3n) is 3.37. The van der Waals surface area contributed by atoms with E-state index in [4.69, 9.17) is 0 Å². The van der Waals surface area contributed by atoms with Gasteiger partial charge in [0, 0.05) is 6.04 Å². The molecule has 0 bridgehead atoms. The van der Waals surface area contributed by atoms with Crippen molar-refractivity contribution < 1.29 is 0 Å². The standard InChI is InChI=1S/C17H21N3/c1-14(20(2)3)16-11-9-15(10-12-16)13-18-19-17-7-5-4-6-8-17/h4-14,19H,1-3H3. The molecule has 0 spiro atoms. The zero-order chi connectivity index (χ0) is 14.4. The minimum atomic E-state index is 0.420. The van der Waals surface area contributed by atoms with Crippen LogP contribution in [0, 0.1) is 0 Å². The smallest absolute Gasteiger partial charge is 0.0561 e. The summed E-state index contributed by atoms with van der Waals surface area (Å²) in [7, 11) is 4.17. The summed E-state index contributed by atoms with van der Waals surface area (Å²) in [4.78, 5) is 2.19. The van der Waals surface area contributed by atoms with E-state index in [2.05, 4.69) is 60.7 Å². The minimum absolute atomic E-state index is 0.420. The number of hydrogen-bond donors (Lipinski definition) is 1. The van der Waals surface area contributed by atoms with Gasteiger partial charge in [-0.1, -0.05) is 42.5 Å². The zero-order valence-electron chi connectivity index (χ0n) is 12.2. The fourth-order valence-electron chi connectivity index (χ4n) is 1.85. The van der Waals surface area contributed by atoms with Crippen LogP contribution in [0.25, 0.3) is 0 Å². The summed E-state index contributed by atoms with van der Waals surface area (Å²) in [6, 6.07) is 18.8. The van der Waals surface area contributed by atoms with Crippen molar-refractivity contribution in [1.29, 1.82) is 0 Å². The first-order valence-electron chi connectivity index (χ1n) is 6.77. The monoisotopic (exact) mass is 267 g/mol. The fraction of sp³-hybridized carbons (Fsp3) is 0.235. The molecular formula is C17H21N3. The molecule has 3 nitrogen and oxygen atoms in total. The fourth-order valence-corrected chi connectivity index (χ4v) is 1.85. The number of hydrazone groups is 1. The lowest BCUT2D eigenvalue weighted by Crippen LogP contribution is -2.16. The van der Waals surface area contributed by atoms with E-state index in [-0.39, 0.29) is 0 Å². The molecule has 0 amide bonds. The van der Waals surface area contributed by atoms with Crippen LogP contribution in [-0.4, -0.2) is 25.2 Å². The van der Waals surface area contributed by atoms with Crippen LogP contribution in [0.1, 0.15) is 24.1 Å². The highest BCUT2D eigenvalue weighted by atomic mass is 15.3. The third-order valence-corrected chi connectivity index (χ3v) is 3.37. The van der Waals surface area contributed by atoms with E-state index in [0.717, 1.165) is 11.3 Å². The van der Waals surface area contributed by atoms with Crippen molar-refractivity contribution in [3.63, 3.8) is 0 Å². The van der Waals surface area contributed by atoms with Gasteiger partial charge in [-0.15, -0.1) is 0 Å². The molecule has 2 aromatic rings. The molecule has 1 N–H and O–H groups in total. The van der Waals surface area contributed by atoms with Gasteiger partial charge in [0.1, 0.15) is 0 Å². The zero-order valence-corrected chi connectivity index (χ0v) is 12.2. The number of rotatable bonds is 5. The van der Waals surface area contributed by atoms with Gasteiger partial charge in [0.25, 0.3) is 0 Å². The van der Waals surface area contributed by atoms with E-state index in [1.165, 1.54) is 5.56 Å². The molecule has 1 unspecified atom stereocenters. The van der Waals surface area contributed by atoms with Crippen LogP contribution in [0.15, 0.2) is 59.7 Å². The molecule has 20 heavy (non-hydrogen) atoms. The van der Waals surface area contributed by atoms with Crippen LogP contribution in [0.5, 0.6) is 0 Å². The van der Waals surface area contributed by atoms with E-state index >= 15 is 0 Å². The second-order valence-electron chi connectivity index (χ2n) is 5.04. The maximum absolute atomic E-state index is 4.24. The Bertz CT molecular complexity index is 544. The van der Waals surface area contributed by atoms with Crippen LogP contribution in [0.4, 0.5) is 5.69 Å². The van der Waals surface area contributed by atoms with Crippen LogP contribution in [0.3, 0.4) is 0 Å². The van der Waals surface area contributed by atoms with E-state index in [0.29, 0.717) is 6.04 Å². The van der Waals surface area contributed by atoms with Crippen molar-refractivity contribution in [2.75, 3.05) is 19.5 Å². The first kappa shape index (κ1) is 14.3. The Morgan fingerprint density at radius 3 is 2.25 bits per heavy atom. The number of benzene rings is 2. The van der Waals surface area contributed by atoms with E-state index < -0.39 is 0 Å². The molecule has 0 fully saturated rings. The van der Waals surface area contributed by atoms with Crippen LogP contribution < -0.4 is 5.43 Å². The number of para-hydroxylation sites is 1. The van der Waals surface area contributed by atoms with E-state index in [1.54, 1.807) is 0 Å². The topological polar surface area (TPSA) is 27.6 Å². The van der Waals surface area contributed by atoms with Crippen molar-refractivity contribution >= 4 is 11.9 Å². The van der Waals surface area contributed by atoms with Crippen molar-refractivity contribution in [3.05, 3.63) is 65.7 Å². The Balaban J connectivity index is 1.97. The minimum Gasteiger partial charge on any atom is -0.303 e.